The highest BCUT2D eigenvalue weighted by molar-refractivity contribution is 6.31. The average molecular weight is 598 g/mol. The van der Waals surface area contributed by atoms with Gasteiger partial charge in [-0.2, -0.15) is 0 Å². The van der Waals surface area contributed by atoms with Gasteiger partial charge < -0.3 is 19.7 Å². The van der Waals surface area contributed by atoms with E-state index in [0.29, 0.717) is 37.7 Å². The van der Waals surface area contributed by atoms with Gasteiger partial charge in [-0.3, -0.25) is 9.69 Å². The molecule has 1 spiro atoms. The Hall–Kier alpha value is -3.16. The zero-order valence-corrected chi connectivity index (χ0v) is 25.7. The van der Waals surface area contributed by atoms with Gasteiger partial charge in [0.2, 0.25) is 5.91 Å². The number of fused-ring (bicyclic) bond motifs is 5. The van der Waals surface area contributed by atoms with E-state index in [-0.39, 0.29) is 23.8 Å². The number of aliphatic hydroxyl groups is 1. The molecule has 8 rings (SSSR count). The molecular formula is C36H40ClN3O3. The van der Waals surface area contributed by atoms with Crippen LogP contribution >= 0.6 is 11.6 Å². The number of carbonyl (C=O) groups excluding carboxylic acids is 1. The Balaban J connectivity index is 1.32. The topological polar surface area (TPSA) is 66.7 Å². The van der Waals surface area contributed by atoms with Crippen LogP contribution in [0, 0.1) is 5.92 Å². The lowest BCUT2D eigenvalue weighted by molar-refractivity contribution is -0.169. The Morgan fingerprint density at radius 1 is 1.02 bits per heavy atom. The summed E-state index contributed by atoms with van der Waals surface area (Å²) in [6, 6.07) is 26.9. The molecule has 6 nitrogen and oxygen atoms in total. The molecule has 3 atom stereocenters. The number of ether oxygens (including phenoxy) is 1. The Morgan fingerprint density at radius 2 is 1.74 bits per heavy atom. The summed E-state index contributed by atoms with van der Waals surface area (Å²) in [6.45, 7) is 7.21. The maximum atomic E-state index is 14.2. The molecular weight excluding hydrogens is 558 g/mol. The lowest BCUT2D eigenvalue weighted by Crippen LogP contribution is -2.83. The summed E-state index contributed by atoms with van der Waals surface area (Å²) < 4.78 is 8.69. The van der Waals surface area contributed by atoms with Crippen LogP contribution in [0.4, 0.5) is 0 Å². The van der Waals surface area contributed by atoms with E-state index in [1.165, 1.54) is 22.2 Å². The molecule has 4 aliphatic rings. The number of rotatable bonds is 9. The van der Waals surface area contributed by atoms with Crippen LogP contribution < -0.4 is 5.32 Å². The molecule has 0 saturated carbocycles. The average Bonchev–Trinajstić information content (AvgIpc) is 3.30. The maximum absolute atomic E-state index is 14.2. The summed E-state index contributed by atoms with van der Waals surface area (Å²) in [7, 11) is 0. The molecule has 1 amide bonds. The number of piperidine rings is 2. The number of nitrogens with zero attached hydrogens (tertiary/aromatic N) is 2. The highest BCUT2D eigenvalue weighted by atomic mass is 35.5. The molecule has 4 heterocycles. The molecule has 3 saturated heterocycles. The third-order valence-electron chi connectivity index (χ3n) is 10.5. The fourth-order valence-corrected chi connectivity index (χ4v) is 8.81. The monoisotopic (exact) mass is 597 g/mol. The predicted molar refractivity (Wildman–Crippen MR) is 170 cm³/mol. The van der Waals surface area contributed by atoms with E-state index in [2.05, 4.69) is 77.2 Å². The number of aliphatic hydroxyl groups excluding tert-OH is 1. The van der Waals surface area contributed by atoms with Crippen LogP contribution in [0.5, 0.6) is 0 Å². The molecule has 0 radical (unpaired) electrons. The van der Waals surface area contributed by atoms with Crippen molar-refractivity contribution in [1.29, 1.82) is 0 Å². The van der Waals surface area contributed by atoms with Crippen molar-refractivity contribution in [3.8, 4) is 0 Å². The molecule has 0 unspecified atom stereocenters. The number of hydrogen-bond donors (Lipinski definition) is 2. The van der Waals surface area contributed by atoms with Crippen LogP contribution in [-0.2, 0) is 41.2 Å². The number of benzene rings is 3. The van der Waals surface area contributed by atoms with Crippen molar-refractivity contribution in [2.75, 3.05) is 13.2 Å². The maximum Gasteiger partial charge on any atom is 0.241 e. The van der Waals surface area contributed by atoms with Gasteiger partial charge in [0.15, 0.2) is 0 Å². The van der Waals surface area contributed by atoms with Gasteiger partial charge in [-0.25, -0.2) is 0 Å². The van der Waals surface area contributed by atoms with Crippen molar-refractivity contribution in [1.82, 2.24) is 14.8 Å². The predicted octanol–water partition coefficient (Wildman–Crippen LogP) is 6.20. The largest absolute Gasteiger partial charge is 0.396 e. The number of aromatic nitrogens is 1. The highest BCUT2D eigenvalue weighted by Crippen LogP contribution is 2.58. The number of halogens is 1. The second-order valence-electron chi connectivity index (χ2n) is 13.3. The van der Waals surface area contributed by atoms with E-state index in [4.69, 9.17) is 16.3 Å². The van der Waals surface area contributed by atoms with Gasteiger partial charge in [0.25, 0.3) is 0 Å². The van der Waals surface area contributed by atoms with E-state index in [0.717, 1.165) is 30.5 Å². The minimum absolute atomic E-state index is 0.0747. The molecule has 3 aromatic carbocycles. The van der Waals surface area contributed by atoms with Gasteiger partial charge in [-0.1, -0.05) is 92.2 Å². The van der Waals surface area contributed by atoms with E-state index >= 15 is 0 Å². The summed E-state index contributed by atoms with van der Waals surface area (Å²) in [5, 5.41) is 15.4. The summed E-state index contributed by atoms with van der Waals surface area (Å²) in [5.74, 6) is 0.320. The summed E-state index contributed by atoms with van der Waals surface area (Å²) in [4.78, 5) is 16.6. The van der Waals surface area contributed by atoms with Crippen molar-refractivity contribution in [3.63, 3.8) is 0 Å². The first-order valence-corrected chi connectivity index (χ1v) is 15.8. The van der Waals surface area contributed by atoms with Crippen LogP contribution in [0.3, 0.4) is 0 Å². The van der Waals surface area contributed by atoms with E-state index in [1.54, 1.807) is 0 Å². The van der Waals surface area contributed by atoms with Crippen molar-refractivity contribution in [2.45, 2.75) is 75.9 Å². The van der Waals surface area contributed by atoms with Gasteiger partial charge in [0, 0.05) is 41.2 Å². The Labute approximate surface area is 258 Å². The van der Waals surface area contributed by atoms with Crippen molar-refractivity contribution < 1.29 is 14.6 Å². The number of amides is 1. The number of carbonyl (C=O) groups is 1. The summed E-state index contributed by atoms with van der Waals surface area (Å²) in [6.07, 6.45) is 2.74. The van der Waals surface area contributed by atoms with E-state index in [9.17, 15) is 9.90 Å². The third-order valence-corrected chi connectivity index (χ3v) is 10.7. The summed E-state index contributed by atoms with van der Waals surface area (Å²) >= 11 is 6.58. The second kappa shape index (κ2) is 10.8. The lowest BCUT2D eigenvalue weighted by atomic mass is 9.51. The molecule has 43 heavy (non-hydrogen) atoms. The number of piperazine rings is 1. The lowest BCUT2D eigenvalue weighted by Gasteiger charge is -2.67. The summed E-state index contributed by atoms with van der Waals surface area (Å²) in [5.41, 5.74) is 4.66. The minimum Gasteiger partial charge on any atom is -0.396 e. The van der Waals surface area contributed by atoms with Crippen molar-refractivity contribution >= 4 is 28.4 Å². The minimum atomic E-state index is -0.663. The molecule has 2 bridgehead atoms. The molecule has 3 fully saturated rings. The first kappa shape index (κ1) is 28.6. The SMILES string of the molecule is CC1(C)c2c(c3ccc(Cl)cc3n2COCc2ccccc2)C[C@@]23CN(Cc4ccccc4)[C@@](CCCO)(C[C@@H]12)C(=O)N3. The molecule has 7 heteroatoms. The zero-order valence-electron chi connectivity index (χ0n) is 25.0. The first-order valence-electron chi connectivity index (χ1n) is 15.4. The quantitative estimate of drug-likeness (QED) is 0.241. The molecule has 3 aliphatic heterocycles. The van der Waals surface area contributed by atoms with Crippen LogP contribution in [0.2, 0.25) is 5.02 Å². The Bertz CT molecular complexity index is 1650. The molecule has 1 aromatic heterocycles. The fraction of sp³-hybridized carbons (Fsp3) is 0.417. The Morgan fingerprint density at radius 3 is 2.47 bits per heavy atom. The van der Waals surface area contributed by atoms with Gasteiger partial charge in [0.1, 0.15) is 12.3 Å². The van der Waals surface area contributed by atoms with Gasteiger partial charge in [-0.05, 0) is 60.4 Å². The molecule has 224 valence electrons. The smallest absolute Gasteiger partial charge is 0.241 e. The van der Waals surface area contributed by atoms with E-state index in [1.807, 2.05) is 30.3 Å². The fourth-order valence-electron chi connectivity index (χ4n) is 8.65. The van der Waals surface area contributed by atoms with Crippen molar-refractivity contribution in [3.05, 3.63) is 106 Å². The van der Waals surface area contributed by atoms with Crippen LogP contribution in [0.25, 0.3) is 10.9 Å². The van der Waals surface area contributed by atoms with E-state index < -0.39 is 11.1 Å². The first-order chi connectivity index (χ1) is 20.8. The van der Waals surface area contributed by atoms with Gasteiger partial charge in [-0.15, -0.1) is 0 Å². The van der Waals surface area contributed by atoms with Gasteiger partial charge >= 0.3 is 0 Å². The Kier molecular flexibility index (Phi) is 7.17. The molecule has 2 N–H and O–H groups in total. The zero-order chi connectivity index (χ0) is 29.8. The van der Waals surface area contributed by atoms with Crippen LogP contribution in [0.1, 0.15) is 55.5 Å². The third kappa shape index (κ3) is 4.62. The molecule has 4 aromatic rings. The van der Waals surface area contributed by atoms with Crippen molar-refractivity contribution in [2.24, 2.45) is 5.92 Å². The van der Waals surface area contributed by atoms with Crippen LogP contribution in [0.15, 0.2) is 78.9 Å². The highest BCUT2D eigenvalue weighted by Gasteiger charge is 2.67. The number of nitrogens with one attached hydrogen (secondary N) is 1. The number of hydrogen-bond acceptors (Lipinski definition) is 4. The van der Waals surface area contributed by atoms with Crippen LogP contribution in [-0.4, -0.2) is 44.7 Å². The second-order valence-corrected chi connectivity index (χ2v) is 13.8. The van der Waals surface area contributed by atoms with Gasteiger partial charge in [0.05, 0.1) is 17.7 Å². The molecule has 1 aliphatic carbocycles. The normalized spacial score (nSPS) is 25.9. The standard InChI is InChI=1S/C36H40ClN3O3/c1-34(2)31-20-36(16-9-17-41)33(42)38-35(31,23-39(36)21-25-10-5-3-6-11-25)19-29-28-15-14-27(37)18-30(28)40(32(29)34)24-43-22-26-12-7-4-8-13-26/h3-8,10-15,18,31,41H,9,16-17,19-24H2,1-2H3,(H,38,42)/t31-,35+,36-/m0/s1.